The molecule has 3 nitrogen and oxygen atoms in total. The molecule has 1 N–H and O–H groups in total. The van der Waals surface area contributed by atoms with Crippen LogP contribution in [0.3, 0.4) is 0 Å². The third-order valence-electron chi connectivity index (χ3n) is 3.91. The molecular weight excluding hydrogens is 316 g/mol. The summed E-state index contributed by atoms with van der Waals surface area (Å²) in [5.41, 5.74) is 4.76. The van der Waals surface area contributed by atoms with Crippen LogP contribution in [0.2, 0.25) is 4.34 Å². The van der Waals surface area contributed by atoms with Crippen molar-refractivity contribution in [1.29, 1.82) is 0 Å². The molecule has 1 aromatic carbocycles. The van der Waals surface area contributed by atoms with Crippen LogP contribution >= 0.6 is 22.9 Å². The Labute approximate surface area is 138 Å². The Hall–Kier alpha value is -1.78. The SMILES string of the molecule is CCc1cccc(C)c1NC(=O)c1cc2sc(Cl)cc2n1C. The molecule has 0 saturated carbocycles. The number of aromatic nitrogens is 1. The third-order valence-corrected chi connectivity index (χ3v) is 5.11. The highest BCUT2D eigenvalue weighted by Gasteiger charge is 2.17. The van der Waals surface area contributed by atoms with Gasteiger partial charge < -0.3 is 9.88 Å². The molecule has 2 aromatic heterocycles. The monoisotopic (exact) mass is 332 g/mol. The van der Waals surface area contributed by atoms with Crippen molar-refractivity contribution in [3.05, 3.63) is 51.5 Å². The first-order chi connectivity index (χ1) is 10.5. The first-order valence-electron chi connectivity index (χ1n) is 7.16. The molecule has 0 bridgehead atoms. The van der Waals surface area contributed by atoms with E-state index in [0.29, 0.717) is 5.69 Å². The molecule has 22 heavy (non-hydrogen) atoms. The molecule has 0 aliphatic rings. The van der Waals surface area contributed by atoms with Crippen LogP contribution < -0.4 is 5.32 Å². The summed E-state index contributed by atoms with van der Waals surface area (Å²) in [4.78, 5) is 12.6. The fourth-order valence-corrected chi connectivity index (χ4v) is 3.88. The van der Waals surface area contributed by atoms with Gasteiger partial charge in [-0.25, -0.2) is 0 Å². The lowest BCUT2D eigenvalue weighted by Gasteiger charge is -2.13. The number of amides is 1. The summed E-state index contributed by atoms with van der Waals surface area (Å²) in [6.45, 7) is 4.10. The molecule has 0 radical (unpaired) electrons. The summed E-state index contributed by atoms with van der Waals surface area (Å²) >= 11 is 7.51. The number of nitrogens with one attached hydrogen (secondary N) is 1. The normalized spacial score (nSPS) is 11.1. The van der Waals surface area contributed by atoms with E-state index in [4.69, 9.17) is 11.6 Å². The van der Waals surface area contributed by atoms with Crippen LogP contribution in [0.4, 0.5) is 5.69 Å². The third kappa shape index (κ3) is 2.53. The lowest BCUT2D eigenvalue weighted by atomic mass is 10.1. The predicted molar refractivity (Wildman–Crippen MR) is 94.3 cm³/mol. The van der Waals surface area contributed by atoms with Crippen LogP contribution in [0.15, 0.2) is 30.3 Å². The van der Waals surface area contributed by atoms with Crippen molar-refractivity contribution in [1.82, 2.24) is 4.57 Å². The van der Waals surface area contributed by atoms with E-state index in [1.165, 1.54) is 11.3 Å². The van der Waals surface area contributed by atoms with Gasteiger partial charge in [0.1, 0.15) is 5.69 Å². The van der Waals surface area contributed by atoms with Gasteiger partial charge in [0.2, 0.25) is 0 Å². The van der Waals surface area contributed by atoms with Crippen molar-refractivity contribution in [2.45, 2.75) is 20.3 Å². The zero-order valence-corrected chi connectivity index (χ0v) is 14.3. The fourth-order valence-electron chi connectivity index (χ4n) is 2.68. The van der Waals surface area contributed by atoms with Gasteiger partial charge in [0, 0.05) is 12.7 Å². The number of anilines is 1. The number of hydrogen-bond donors (Lipinski definition) is 1. The van der Waals surface area contributed by atoms with E-state index >= 15 is 0 Å². The number of hydrogen-bond acceptors (Lipinski definition) is 2. The maximum Gasteiger partial charge on any atom is 0.272 e. The van der Waals surface area contributed by atoms with Crippen LogP contribution in [-0.4, -0.2) is 10.5 Å². The number of halogens is 1. The number of nitrogens with zero attached hydrogens (tertiary/aromatic N) is 1. The van der Waals surface area contributed by atoms with E-state index < -0.39 is 0 Å². The zero-order chi connectivity index (χ0) is 15.9. The number of rotatable bonds is 3. The van der Waals surface area contributed by atoms with Crippen LogP contribution in [-0.2, 0) is 13.5 Å². The summed E-state index contributed by atoms with van der Waals surface area (Å²) in [6, 6.07) is 9.86. The maximum absolute atomic E-state index is 12.6. The Bertz CT molecular complexity index is 863. The summed E-state index contributed by atoms with van der Waals surface area (Å²) in [7, 11) is 1.89. The van der Waals surface area contributed by atoms with E-state index in [0.717, 1.165) is 37.8 Å². The fraction of sp³-hybridized carbons (Fsp3) is 0.235. The molecule has 3 aromatic rings. The summed E-state index contributed by atoms with van der Waals surface area (Å²) in [5.74, 6) is -0.0916. The van der Waals surface area contributed by atoms with Gasteiger partial charge in [0.25, 0.3) is 5.91 Å². The lowest BCUT2D eigenvalue weighted by molar-refractivity contribution is 0.101. The van der Waals surface area contributed by atoms with Gasteiger partial charge in [-0.05, 0) is 36.6 Å². The van der Waals surface area contributed by atoms with Crippen molar-refractivity contribution in [3.63, 3.8) is 0 Å². The molecule has 114 valence electrons. The van der Waals surface area contributed by atoms with Gasteiger partial charge in [-0.3, -0.25) is 4.79 Å². The molecule has 1 amide bonds. The predicted octanol–water partition coefficient (Wildman–Crippen LogP) is 5.02. The number of aryl methyl sites for hydroxylation is 3. The highest BCUT2D eigenvalue weighted by Crippen LogP contribution is 2.32. The van der Waals surface area contributed by atoms with E-state index in [1.807, 2.05) is 48.9 Å². The second-order valence-electron chi connectivity index (χ2n) is 5.31. The topological polar surface area (TPSA) is 34.0 Å². The number of thiophene rings is 1. The zero-order valence-electron chi connectivity index (χ0n) is 12.7. The van der Waals surface area contributed by atoms with Gasteiger partial charge in [-0.1, -0.05) is 36.7 Å². The molecule has 0 atom stereocenters. The quantitative estimate of drug-likeness (QED) is 0.718. The van der Waals surface area contributed by atoms with Crippen LogP contribution in [0, 0.1) is 6.92 Å². The Morgan fingerprint density at radius 3 is 2.82 bits per heavy atom. The first kappa shape index (κ1) is 15.1. The first-order valence-corrected chi connectivity index (χ1v) is 8.35. The second-order valence-corrected chi connectivity index (χ2v) is 7.02. The van der Waals surface area contributed by atoms with Crippen molar-refractivity contribution < 1.29 is 4.79 Å². The van der Waals surface area contributed by atoms with Gasteiger partial charge in [0.15, 0.2) is 0 Å². The van der Waals surface area contributed by atoms with E-state index in [-0.39, 0.29) is 5.91 Å². The van der Waals surface area contributed by atoms with Gasteiger partial charge in [-0.15, -0.1) is 11.3 Å². The van der Waals surface area contributed by atoms with Crippen molar-refractivity contribution in [3.8, 4) is 0 Å². The summed E-state index contributed by atoms with van der Waals surface area (Å²) in [5, 5.41) is 3.06. The summed E-state index contributed by atoms with van der Waals surface area (Å²) in [6.07, 6.45) is 0.884. The van der Waals surface area contributed by atoms with Crippen LogP contribution in [0.5, 0.6) is 0 Å². The molecule has 0 spiro atoms. The minimum Gasteiger partial charge on any atom is -0.339 e. The Kier molecular flexibility index (Phi) is 3.98. The van der Waals surface area contributed by atoms with E-state index in [9.17, 15) is 4.79 Å². The van der Waals surface area contributed by atoms with Gasteiger partial charge >= 0.3 is 0 Å². The van der Waals surface area contributed by atoms with Gasteiger partial charge in [0.05, 0.1) is 14.6 Å². The Balaban J connectivity index is 1.97. The number of fused-ring (bicyclic) bond motifs is 1. The Morgan fingerprint density at radius 2 is 2.14 bits per heavy atom. The smallest absolute Gasteiger partial charge is 0.272 e. The molecule has 0 aliphatic carbocycles. The lowest BCUT2D eigenvalue weighted by Crippen LogP contribution is -2.17. The molecular formula is C17H17ClN2OS. The molecule has 5 heteroatoms. The minimum absolute atomic E-state index is 0.0916. The number of para-hydroxylation sites is 1. The molecule has 3 rings (SSSR count). The standard InChI is InChI=1S/C17H17ClN2OS/c1-4-11-7-5-6-10(2)16(11)19-17(21)13-8-14-12(20(13)3)9-15(18)22-14/h5-9H,4H2,1-3H3,(H,19,21). The molecule has 0 unspecified atom stereocenters. The van der Waals surface area contributed by atoms with Crippen LogP contribution in [0.1, 0.15) is 28.5 Å². The average Bonchev–Trinajstić information content (AvgIpc) is 2.99. The number of benzene rings is 1. The van der Waals surface area contributed by atoms with Crippen molar-refractivity contribution >= 4 is 44.7 Å². The van der Waals surface area contributed by atoms with E-state index in [2.05, 4.69) is 12.2 Å². The second kappa shape index (κ2) is 5.78. The molecule has 0 aliphatic heterocycles. The molecule has 0 fully saturated rings. The number of carbonyl (C=O) groups excluding carboxylic acids is 1. The van der Waals surface area contributed by atoms with Crippen LogP contribution in [0.25, 0.3) is 10.2 Å². The molecule has 0 saturated heterocycles. The van der Waals surface area contributed by atoms with E-state index in [1.54, 1.807) is 0 Å². The van der Waals surface area contributed by atoms with Crippen molar-refractivity contribution in [2.75, 3.05) is 5.32 Å². The Morgan fingerprint density at radius 1 is 1.36 bits per heavy atom. The maximum atomic E-state index is 12.6. The highest BCUT2D eigenvalue weighted by molar-refractivity contribution is 7.22. The summed E-state index contributed by atoms with van der Waals surface area (Å²) < 4.78 is 3.65. The minimum atomic E-state index is -0.0916. The highest BCUT2D eigenvalue weighted by atomic mass is 35.5. The van der Waals surface area contributed by atoms with Gasteiger partial charge in [-0.2, -0.15) is 0 Å². The molecule has 2 heterocycles. The largest absolute Gasteiger partial charge is 0.339 e. The number of carbonyl (C=O) groups is 1. The average molecular weight is 333 g/mol. The van der Waals surface area contributed by atoms with Crippen molar-refractivity contribution in [2.24, 2.45) is 7.05 Å².